The monoisotopic (exact) mass is 412 g/mol. The van der Waals surface area contributed by atoms with Gasteiger partial charge in [0.1, 0.15) is 0 Å². The molecule has 172 valence electrons. The summed E-state index contributed by atoms with van der Waals surface area (Å²) in [5, 5.41) is 0. The van der Waals surface area contributed by atoms with E-state index in [-0.39, 0.29) is 0 Å². The van der Waals surface area contributed by atoms with E-state index in [2.05, 4.69) is 33.3 Å². The van der Waals surface area contributed by atoms with Gasteiger partial charge >= 0.3 is 0 Å². The van der Waals surface area contributed by atoms with E-state index < -0.39 is 0 Å². The number of terminal acetylenes is 1. The van der Waals surface area contributed by atoms with Crippen molar-refractivity contribution in [2.45, 2.75) is 125 Å². The molecular formula is C30H52. The fourth-order valence-corrected chi connectivity index (χ4v) is 9.25. The zero-order valence-electron chi connectivity index (χ0n) is 21.4. The standard InChI is InChI=1S/C24H38.2C2H6.C2H2/c1-17-6-7-18-8-9-21-19-10-14-22(2)12-4-5-13-23(22,3)20(19)11-15-24(18,21)16-17;3*1-2/h18-21H,1,4-16H2,2-3H3;2*1-2H3;1-2H. The quantitative estimate of drug-likeness (QED) is 0.274. The molecule has 7 atom stereocenters. The summed E-state index contributed by atoms with van der Waals surface area (Å²) in [7, 11) is 0. The SMILES string of the molecule is C#C.C=C1CCC2CCC3C4CCC5(C)CCCCC5(C)C4CCC23C1.CC.CC. The Hall–Kier alpha value is -0.700. The molecule has 1 spiro atoms. The lowest BCUT2D eigenvalue weighted by Gasteiger charge is -2.65. The molecule has 0 aromatic heterocycles. The van der Waals surface area contributed by atoms with E-state index in [0.717, 1.165) is 23.7 Å². The third kappa shape index (κ3) is 3.82. The summed E-state index contributed by atoms with van der Waals surface area (Å²) in [4.78, 5) is 0. The highest BCUT2D eigenvalue weighted by molar-refractivity contribution is 5.17. The summed E-state index contributed by atoms with van der Waals surface area (Å²) >= 11 is 0. The van der Waals surface area contributed by atoms with Crippen LogP contribution in [0.4, 0.5) is 0 Å². The Kier molecular flexibility index (Phi) is 8.76. The summed E-state index contributed by atoms with van der Waals surface area (Å²) < 4.78 is 0. The van der Waals surface area contributed by atoms with Gasteiger partial charge in [-0.15, -0.1) is 12.8 Å². The minimum Gasteiger partial charge on any atom is -0.124 e. The Bertz CT molecular complexity index is 584. The summed E-state index contributed by atoms with van der Waals surface area (Å²) in [6, 6.07) is 0. The van der Waals surface area contributed by atoms with Gasteiger partial charge in [-0.3, -0.25) is 0 Å². The van der Waals surface area contributed by atoms with E-state index in [1.54, 1.807) is 37.7 Å². The van der Waals surface area contributed by atoms with Crippen molar-refractivity contribution in [1.29, 1.82) is 0 Å². The maximum absolute atomic E-state index is 4.45. The van der Waals surface area contributed by atoms with Crippen LogP contribution in [0, 0.1) is 52.8 Å². The van der Waals surface area contributed by atoms with Crippen molar-refractivity contribution in [3.05, 3.63) is 12.2 Å². The Labute approximate surface area is 190 Å². The van der Waals surface area contributed by atoms with E-state index in [0.29, 0.717) is 16.2 Å². The van der Waals surface area contributed by atoms with Crippen molar-refractivity contribution < 1.29 is 0 Å². The molecule has 30 heavy (non-hydrogen) atoms. The van der Waals surface area contributed by atoms with E-state index in [4.69, 9.17) is 0 Å². The topological polar surface area (TPSA) is 0 Å². The fraction of sp³-hybridized carbons (Fsp3) is 0.867. The molecule has 7 unspecified atom stereocenters. The van der Waals surface area contributed by atoms with E-state index in [9.17, 15) is 0 Å². The van der Waals surface area contributed by atoms with Gasteiger partial charge in [-0.2, -0.15) is 0 Å². The van der Waals surface area contributed by atoms with Crippen LogP contribution >= 0.6 is 0 Å². The first-order valence-corrected chi connectivity index (χ1v) is 13.5. The zero-order valence-corrected chi connectivity index (χ0v) is 21.4. The van der Waals surface area contributed by atoms with E-state index >= 15 is 0 Å². The number of rotatable bonds is 0. The third-order valence-corrected chi connectivity index (χ3v) is 10.7. The molecule has 0 nitrogen and oxygen atoms in total. The molecular weight excluding hydrogens is 360 g/mol. The lowest BCUT2D eigenvalue weighted by molar-refractivity contribution is -0.157. The van der Waals surface area contributed by atoms with E-state index in [1.807, 2.05) is 27.7 Å². The molecule has 5 saturated carbocycles. The van der Waals surface area contributed by atoms with Gasteiger partial charge in [-0.1, -0.05) is 66.5 Å². The van der Waals surface area contributed by atoms with Crippen LogP contribution in [0.3, 0.4) is 0 Å². The molecule has 0 bridgehead atoms. The molecule has 5 aliphatic carbocycles. The molecule has 0 saturated heterocycles. The van der Waals surface area contributed by atoms with Gasteiger partial charge in [-0.25, -0.2) is 0 Å². The molecule has 5 fully saturated rings. The molecule has 0 N–H and O–H groups in total. The van der Waals surface area contributed by atoms with Crippen LogP contribution in [-0.4, -0.2) is 0 Å². The van der Waals surface area contributed by atoms with Crippen molar-refractivity contribution in [3.63, 3.8) is 0 Å². The molecule has 5 aliphatic rings. The lowest BCUT2D eigenvalue weighted by Crippen LogP contribution is -2.57. The number of fused-ring (bicyclic) bond motifs is 4. The summed E-state index contributed by atoms with van der Waals surface area (Å²) in [6.45, 7) is 17.9. The van der Waals surface area contributed by atoms with Gasteiger partial charge < -0.3 is 0 Å². The van der Waals surface area contributed by atoms with Crippen LogP contribution in [0.25, 0.3) is 0 Å². The normalized spacial score (nSPS) is 45.9. The largest absolute Gasteiger partial charge is 0.124 e. The van der Waals surface area contributed by atoms with Crippen LogP contribution in [0.2, 0.25) is 0 Å². The highest BCUT2D eigenvalue weighted by atomic mass is 14.7. The van der Waals surface area contributed by atoms with Crippen molar-refractivity contribution in [2.75, 3.05) is 0 Å². The van der Waals surface area contributed by atoms with E-state index in [1.165, 1.54) is 51.4 Å². The van der Waals surface area contributed by atoms with Gasteiger partial charge in [0, 0.05) is 0 Å². The van der Waals surface area contributed by atoms with Crippen LogP contribution in [-0.2, 0) is 0 Å². The first-order chi connectivity index (χ1) is 14.5. The Morgan fingerprint density at radius 1 is 0.767 bits per heavy atom. The second-order valence-electron chi connectivity index (χ2n) is 11.1. The van der Waals surface area contributed by atoms with Gasteiger partial charge in [0.05, 0.1) is 0 Å². The van der Waals surface area contributed by atoms with Gasteiger partial charge in [0.15, 0.2) is 0 Å². The Balaban J connectivity index is 0.000000493. The molecule has 0 radical (unpaired) electrons. The molecule has 0 amide bonds. The first-order valence-electron chi connectivity index (χ1n) is 13.5. The van der Waals surface area contributed by atoms with Crippen LogP contribution in [0.15, 0.2) is 12.2 Å². The zero-order chi connectivity index (χ0) is 22.6. The average Bonchev–Trinajstić information content (AvgIpc) is 3.17. The second-order valence-corrected chi connectivity index (χ2v) is 11.1. The lowest BCUT2D eigenvalue weighted by atomic mass is 9.39. The Morgan fingerprint density at radius 2 is 1.43 bits per heavy atom. The number of allylic oxidation sites excluding steroid dienone is 1. The Morgan fingerprint density at radius 3 is 2.13 bits per heavy atom. The molecule has 0 aliphatic heterocycles. The van der Waals surface area contributed by atoms with Crippen molar-refractivity contribution in [1.82, 2.24) is 0 Å². The van der Waals surface area contributed by atoms with Crippen molar-refractivity contribution in [2.24, 2.45) is 39.9 Å². The fourth-order valence-electron chi connectivity index (χ4n) is 9.25. The van der Waals surface area contributed by atoms with Crippen LogP contribution in [0.5, 0.6) is 0 Å². The highest BCUT2D eigenvalue weighted by Gasteiger charge is 2.63. The van der Waals surface area contributed by atoms with Crippen molar-refractivity contribution >= 4 is 0 Å². The average molecular weight is 413 g/mol. The maximum atomic E-state index is 4.45. The van der Waals surface area contributed by atoms with Gasteiger partial charge in [0.2, 0.25) is 0 Å². The molecule has 0 aromatic rings. The summed E-state index contributed by atoms with van der Waals surface area (Å²) in [5.74, 6) is 4.22. The predicted molar refractivity (Wildman–Crippen MR) is 134 cm³/mol. The van der Waals surface area contributed by atoms with Crippen LogP contribution < -0.4 is 0 Å². The first kappa shape index (κ1) is 25.6. The molecule has 0 heteroatoms. The maximum Gasteiger partial charge on any atom is -0.0201 e. The van der Waals surface area contributed by atoms with Gasteiger partial charge in [-0.05, 0) is 111 Å². The summed E-state index contributed by atoms with van der Waals surface area (Å²) in [5.41, 5.74) is 3.61. The van der Waals surface area contributed by atoms with Crippen LogP contribution in [0.1, 0.15) is 125 Å². The van der Waals surface area contributed by atoms with Gasteiger partial charge in [0.25, 0.3) is 0 Å². The highest BCUT2D eigenvalue weighted by Crippen LogP contribution is 2.72. The molecule has 0 aromatic carbocycles. The predicted octanol–water partition coefficient (Wildman–Crippen LogP) is 9.45. The minimum absolute atomic E-state index is 0.652. The smallest absolute Gasteiger partial charge is 0.0201 e. The third-order valence-electron chi connectivity index (χ3n) is 10.7. The molecule has 0 heterocycles. The molecule has 5 rings (SSSR count). The van der Waals surface area contributed by atoms with Crippen molar-refractivity contribution in [3.8, 4) is 12.8 Å². The minimum atomic E-state index is 0.652. The number of hydrogen-bond acceptors (Lipinski definition) is 0. The second kappa shape index (κ2) is 10.3. The number of hydrogen-bond donors (Lipinski definition) is 0. The summed E-state index contributed by atoms with van der Waals surface area (Å²) in [6.07, 6.45) is 27.6.